The number of rotatable bonds is 3. The maximum absolute atomic E-state index is 12.9. The average Bonchev–Trinajstić information content (AvgIpc) is 3.01. The first kappa shape index (κ1) is 14.6. The Morgan fingerprint density at radius 3 is 2.81 bits per heavy atom. The lowest BCUT2D eigenvalue weighted by molar-refractivity contribution is 0.334. The first-order chi connectivity index (χ1) is 9.95. The highest BCUT2D eigenvalue weighted by Gasteiger charge is 2.34. The van der Waals surface area contributed by atoms with E-state index >= 15 is 0 Å². The monoisotopic (exact) mass is 329 g/mol. The number of aromatic nitrogens is 2. The second kappa shape index (κ2) is 5.15. The molecule has 0 saturated carbocycles. The van der Waals surface area contributed by atoms with Crippen molar-refractivity contribution in [1.29, 1.82) is 0 Å². The lowest BCUT2D eigenvalue weighted by Gasteiger charge is -2.27. The molecule has 0 N–H and O–H groups in total. The minimum absolute atomic E-state index is 0.111. The number of nitrogens with zero attached hydrogens (tertiary/aromatic N) is 3. The van der Waals surface area contributed by atoms with Crippen molar-refractivity contribution in [3.8, 4) is 0 Å². The summed E-state index contributed by atoms with van der Waals surface area (Å²) < 4.78 is 34.7. The van der Waals surface area contributed by atoms with Crippen LogP contribution in [0.15, 0.2) is 21.7 Å². The summed E-state index contributed by atoms with van der Waals surface area (Å²) in [6.45, 7) is 4.66. The molecule has 2 aromatic rings. The summed E-state index contributed by atoms with van der Waals surface area (Å²) in [5, 5.41) is 0. The van der Waals surface area contributed by atoms with Gasteiger partial charge in [0.2, 0.25) is 10.0 Å². The SMILES string of the molecule is Cc1oc(C)c(S(=O)(=O)N2CCn3ccnc3C2)c1CCl. The lowest BCUT2D eigenvalue weighted by atomic mass is 10.3. The number of aryl methyl sites for hydroxylation is 2. The van der Waals surface area contributed by atoms with E-state index in [0.29, 0.717) is 30.2 Å². The van der Waals surface area contributed by atoms with Gasteiger partial charge in [-0.2, -0.15) is 4.31 Å². The Labute approximate surface area is 128 Å². The fourth-order valence-electron chi connectivity index (χ4n) is 2.69. The topological polar surface area (TPSA) is 68.3 Å². The Hall–Kier alpha value is -1.31. The van der Waals surface area contributed by atoms with Gasteiger partial charge in [-0.15, -0.1) is 11.6 Å². The van der Waals surface area contributed by atoms with E-state index in [1.807, 2.05) is 10.8 Å². The molecule has 0 bridgehead atoms. The zero-order valence-corrected chi connectivity index (χ0v) is 13.4. The fourth-order valence-corrected chi connectivity index (χ4v) is 4.89. The molecular weight excluding hydrogens is 314 g/mol. The highest BCUT2D eigenvalue weighted by molar-refractivity contribution is 7.89. The highest BCUT2D eigenvalue weighted by Crippen LogP contribution is 2.31. The highest BCUT2D eigenvalue weighted by atomic mass is 35.5. The molecular formula is C13H16ClN3O3S. The van der Waals surface area contributed by atoms with Gasteiger partial charge in [0.1, 0.15) is 22.2 Å². The molecule has 0 atom stereocenters. The molecule has 3 heterocycles. The predicted octanol–water partition coefficient (Wildman–Crippen LogP) is 2.04. The number of alkyl halides is 1. The number of sulfonamides is 1. The Kier molecular flexibility index (Phi) is 3.59. The molecule has 0 amide bonds. The number of furan rings is 1. The van der Waals surface area contributed by atoms with Crippen LogP contribution in [0.4, 0.5) is 0 Å². The third-order valence-corrected chi connectivity index (χ3v) is 6.07. The maximum atomic E-state index is 12.9. The summed E-state index contributed by atoms with van der Waals surface area (Å²) >= 11 is 5.90. The molecule has 0 radical (unpaired) electrons. The smallest absolute Gasteiger partial charge is 0.247 e. The third-order valence-electron chi connectivity index (χ3n) is 3.77. The third kappa shape index (κ3) is 2.29. The molecule has 0 saturated heterocycles. The normalized spacial score (nSPS) is 16.1. The van der Waals surface area contributed by atoms with Gasteiger partial charge in [0, 0.05) is 31.0 Å². The van der Waals surface area contributed by atoms with Gasteiger partial charge >= 0.3 is 0 Å². The molecule has 114 valence electrons. The van der Waals surface area contributed by atoms with Crippen LogP contribution < -0.4 is 0 Å². The van der Waals surface area contributed by atoms with Crippen LogP contribution in [-0.2, 0) is 29.0 Å². The van der Waals surface area contributed by atoms with Crippen LogP contribution in [0.1, 0.15) is 22.9 Å². The van der Waals surface area contributed by atoms with Crippen LogP contribution in [0.2, 0.25) is 0 Å². The molecule has 0 unspecified atom stereocenters. The standard InChI is InChI=1S/C13H16ClN3O3S/c1-9-11(7-14)13(10(2)20-9)21(18,19)17-6-5-16-4-3-15-12(16)8-17/h3-4H,5-8H2,1-2H3. The first-order valence-corrected chi connectivity index (χ1v) is 8.57. The predicted molar refractivity (Wildman–Crippen MR) is 77.6 cm³/mol. The van der Waals surface area contributed by atoms with Crippen molar-refractivity contribution in [2.75, 3.05) is 6.54 Å². The average molecular weight is 330 g/mol. The number of halogens is 1. The van der Waals surface area contributed by atoms with E-state index in [0.717, 1.165) is 5.82 Å². The lowest BCUT2D eigenvalue weighted by Crippen LogP contribution is -2.38. The Bertz CT molecular complexity index is 779. The zero-order chi connectivity index (χ0) is 15.2. The van der Waals surface area contributed by atoms with E-state index in [2.05, 4.69) is 4.98 Å². The van der Waals surface area contributed by atoms with E-state index in [1.54, 1.807) is 20.0 Å². The van der Waals surface area contributed by atoms with Crippen LogP contribution in [0.25, 0.3) is 0 Å². The molecule has 0 aliphatic carbocycles. The molecule has 0 spiro atoms. The van der Waals surface area contributed by atoms with Crippen molar-refractivity contribution >= 4 is 21.6 Å². The number of hydrogen-bond acceptors (Lipinski definition) is 4. The molecule has 3 rings (SSSR count). The zero-order valence-electron chi connectivity index (χ0n) is 11.8. The quantitative estimate of drug-likeness (QED) is 0.808. The van der Waals surface area contributed by atoms with E-state index in [9.17, 15) is 8.42 Å². The van der Waals surface area contributed by atoms with Gasteiger partial charge < -0.3 is 8.98 Å². The molecule has 6 nitrogen and oxygen atoms in total. The van der Waals surface area contributed by atoms with Gasteiger partial charge in [-0.05, 0) is 13.8 Å². The fraction of sp³-hybridized carbons (Fsp3) is 0.462. The van der Waals surface area contributed by atoms with Crippen molar-refractivity contribution in [2.24, 2.45) is 0 Å². The van der Waals surface area contributed by atoms with Gasteiger partial charge in [-0.3, -0.25) is 0 Å². The van der Waals surface area contributed by atoms with Crippen molar-refractivity contribution < 1.29 is 12.8 Å². The molecule has 2 aromatic heterocycles. The van der Waals surface area contributed by atoms with Crippen molar-refractivity contribution in [1.82, 2.24) is 13.9 Å². The Morgan fingerprint density at radius 1 is 1.33 bits per heavy atom. The second-order valence-corrected chi connectivity index (χ2v) is 7.17. The minimum Gasteiger partial charge on any atom is -0.465 e. The molecule has 8 heteroatoms. The van der Waals surface area contributed by atoms with Crippen LogP contribution in [0, 0.1) is 13.8 Å². The molecule has 1 aliphatic rings. The molecule has 0 aromatic carbocycles. The van der Waals surface area contributed by atoms with Gasteiger partial charge in [-0.25, -0.2) is 13.4 Å². The van der Waals surface area contributed by atoms with Crippen molar-refractivity contribution in [2.45, 2.75) is 37.7 Å². The molecule has 1 aliphatic heterocycles. The first-order valence-electron chi connectivity index (χ1n) is 6.60. The molecule has 0 fully saturated rings. The van der Waals surface area contributed by atoms with Gasteiger partial charge in [0.15, 0.2) is 0 Å². The largest absolute Gasteiger partial charge is 0.465 e. The van der Waals surface area contributed by atoms with Crippen LogP contribution in [0.5, 0.6) is 0 Å². The summed E-state index contributed by atoms with van der Waals surface area (Å²) in [7, 11) is -3.63. The summed E-state index contributed by atoms with van der Waals surface area (Å²) in [4.78, 5) is 4.40. The Balaban J connectivity index is 2.03. The number of fused-ring (bicyclic) bond motifs is 1. The van der Waals surface area contributed by atoms with Crippen LogP contribution >= 0.6 is 11.6 Å². The van der Waals surface area contributed by atoms with Crippen LogP contribution in [-0.4, -0.2) is 28.8 Å². The minimum atomic E-state index is -3.63. The van der Waals surface area contributed by atoms with Crippen LogP contribution in [0.3, 0.4) is 0 Å². The summed E-state index contributed by atoms with van der Waals surface area (Å²) in [5.41, 5.74) is 0.545. The van der Waals surface area contributed by atoms with Gasteiger partial charge in [0.25, 0.3) is 0 Å². The summed E-state index contributed by atoms with van der Waals surface area (Å²) in [6, 6.07) is 0. The van der Waals surface area contributed by atoms with Crippen molar-refractivity contribution in [3.63, 3.8) is 0 Å². The van der Waals surface area contributed by atoms with E-state index < -0.39 is 10.0 Å². The van der Waals surface area contributed by atoms with Gasteiger partial charge in [0.05, 0.1) is 12.4 Å². The van der Waals surface area contributed by atoms with Crippen molar-refractivity contribution in [3.05, 3.63) is 35.3 Å². The Morgan fingerprint density at radius 2 is 2.10 bits per heavy atom. The van der Waals surface area contributed by atoms with Gasteiger partial charge in [-0.1, -0.05) is 0 Å². The summed E-state index contributed by atoms with van der Waals surface area (Å²) in [5.74, 6) is 1.80. The number of hydrogen-bond donors (Lipinski definition) is 0. The van der Waals surface area contributed by atoms with E-state index in [4.69, 9.17) is 16.0 Å². The second-order valence-electron chi connectivity index (χ2n) is 5.03. The summed E-state index contributed by atoms with van der Waals surface area (Å²) in [6.07, 6.45) is 3.54. The van der Waals surface area contributed by atoms with E-state index in [-0.39, 0.29) is 17.3 Å². The van der Waals surface area contributed by atoms with E-state index in [1.165, 1.54) is 4.31 Å². The molecule has 21 heavy (non-hydrogen) atoms. The maximum Gasteiger partial charge on any atom is 0.247 e. The number of imidazole rings is 1.